The number of rotatable bonds is 2. The highest BCUT2D eigenvalue weighted by Crippen LogP contribution is 2.34. The standard InChI is InChI=1S/C16H9NO3S/c18-16(19)10-5-6-11-14(8-10)21-15(17-11)13-7-9-3-1-2-4-12(9)20-13/h1-8H,(H,18,19). The Morgan fingerprint density at radius 3 is 2.81 bits per heavy atom. The summed E-state index contributed by atoms with van der Waals surface area (Å²) in [5.74, 6) is -0.232. The molecule has 0 aliphatic heterocycles. The molecular formula is C16H9NO3S. The summed E-state index contributed by atoms with van der Waals surface area (Å²) < 4.78 is 6.63. The lowest BCUT2D eigenvalue weighted by atomic mass is 10.2. The summed E-state index contributed by atoms with van der Waals surface area (Å²) in [6, 6.07) is 14.7. The molecule has 1 N–H and O–H groups in total. The molecule has 0 amide bonds. The van der Waals surface area contributed by atoms with E-state index in [1.165, 1.54) is 11.3 Å². The number of hydrogen-bond donors (Lipinski definition) is 1. The Hall–Kier alpha value is -2.66. The van der Waals surface area contributed by atoms with Crippen LogP contribution in [-0.4, -0.2) is 16.1 Å². The Bertz CT molecular complexity index is 950. The highest BCUT2D eigenvalue weighted by Gasteiger charge is 2.12. The Balaban J connectivity index is 1.87. The third-order valence-electron chi connectivity index (χ3n) is 3.27. The summed E-state index contributed by atoms with van der Waals surface area (Å²) in [4.78, 5) is 15.5. The number of carboxylic acids is 1. The zero-order chi connectivity index (χ0) is 14.4. The van der Waals surface area contributed by atoms with Gasteiger partial charge in [0.2, 0.25) is 0 Å². The number of carbonyl (C=O) groups is 1. The van der Waals surface area contributed by atoms with Crippen molar-refractivity contribution in [3.8, 4) is 10.8 Å². The third-order valence-corrected chi connectivity index (χ3v) is 4.30. The molecule has 0 unspecified atom stereocenters. The lowest BCUT2D eigenvalue weighted by molar-refractivity contribution is 0.0697. The molecule has 0 atom stereocenters. The molecule has 21 heavy (non-hydrogen) atoms. The van der Waals surface area contributed by atoms with Crippen LogP contribution in [0.2, 0.25) is 0 Å². The van der Waals surface area contributed by atoms with E-state index in [1.807, 2.05) is 30.3 Å². The zero-order valence-electron chi connectivity index (χ0n) is 10.7. The normalized spacial score (nSPS) is 11.2. The van der Waals surface area contributed by atoms with E-state index in [0.717, 1.165) is 26.2 Å². The highest BCUT2D eigenvalue weighted by atomic mass is 32.1. The van der Waals surface area contributed by atoms with Gasteiger partial charge in [-0.1, -0.05) is 18.2 Å². The van der Waals surface area contributed by atoms with Crippen LogP contribution in [0.15, 0.2) is 52.9 Å². The number of hydrogen-bond acceptors (Lipinski definition) is 4. The fourth-order valence-electron chi connectivity index (χ4n) is 2.25. The highest BCUT2D eigenvalue weighted by molar-refractivity contribution is 7.21. The van der Waals surface area contributed by atoms with Gasteiger partial charge in [-0.15, -0.1) is 11.3 Å². The molecular weight excluding hydrogens is 286 g/mol. The van der Waals surface area contributed by atoms with E-state index < -0.39 is 5.97 Å². The number of thiazole rings is 1. The number of furan rings is 1. The van der Waals surface area contributed by atoms with Crippen molar-refractivity contribution in [2.45, 2.75) is 0 Å². The van der Waals surface area contributed by atoms with Crippen LogP contribution < -0.4 is 0 Å². The maximum Gasteiger partial charge on any atom is 0.335 e. The van der Waals surface area contributed by atoms with Crippen LogP contribution in [0.4, 0.5) is 0 Å². The van der Waals surface area contributed by atoms with Crippen LogP contribution in [0.5, 0.6) is 0 Å². The molecule has 4 aromatic rings. The maximum atomic E-state index is 11.0. The zero-order valence-corrected chi connectivity index (χ0v) is 11.6. The molecule has 4 nitrogen and oxygen atoms in total. The number of aromatic carboxylic acids is 1. The number of aromatic nitrogens is 1. The van der Waals surface area contributed by atoms with Crippen LogP contribution in [-0.2, 0) is 0 Å². The Morgan fingerprint density at radius 1 is 1.14 bits per heavy atom. The van der Waals surface area contributed by atoms with E-state index in [1.54, 1.807) is 18.2 Å². The first-order valence-corrected chi connectivity index (χ1v) is 7.15. The number of fused-ring (bicyclic) bond motifs is 2. The fourth-order valence-corrected chi connectivity index (χ4v) is 3.21. The summed E-state index contributed by atoms with van der Waals surface area (Å²) in [5.41, 5.74) is 1.86. The SMILES string of the molecule is O=C(O)c1ccc2nc(-c3cc4ccccc4o3)sc2c1. The lowest BCUT2D eigenvalue weighted by Gasteiger charge is -1.91. The Morgan fingerprint density at radius 2 is 2.00 bits per heavy atom. The van der Waals surface area contributed by atoms with Crippen molar-refractivity contribution in [1.29, 1.82) is 0 Å². The van der Waals surface area contributed by atoms with Gasteiger partial charge in [-0.3, -0.25) is 0 Å². The second kappa shape index (κ2) is 4.43. The monoisotopic (exact) mass is 295 g/mol. The predicted molar refractivity (Wildman–Crippen MR) is 81.8 cm³/mol. The van der Waals surface area contributed by atoms with E-state index >= 15 is 0 Å². The summed E-state index contributed by atoms with van der Waals surface area (Å²) in [6.07, 6.45) is 0. The first kappa shape index (κ1) is 12.1. The number of carboxylic acid groups (broad SMARTS) is 1. The fraction of sp³-hybridized carbons (Fsp3) is 0. The summed E-state index contributed by atoms with van der Waals surface area (Å²) >= 11 is 1.43. The van der Waals surface area contributed by atoms with Crippen molar-refractivity contribution in [2.24, 2.45) is 0 Å². The molecule has 0 radical (unpaired) electrons. The van der Waals surface area contributed by atoms with E-state index in [2.05, 4.69) is 4.98 Å². The van der Waals surface area contributed by atoms with Crippen LogP contribution >= 0.6 is 11.3 Å². The van der Waals surface area contributed by atoms with Crippen molar-refractivity contribution < 1.29 is 14.3 Å². The lowest BCUT2D eigenvalue weighted by Crippen LogP contribution is -1.94. The molecule has 2 aromatic heterocycles. The average Bonchev–Trinajstić information content (AvgIpc) is 3.09. The molecule has 0 spiro atoms. The molecule has 4 rings (SSSR count). The molecule has 0 saturated heterocycles. The van der Waals surface area contributed by atoms with E-state index in [4.69, 9.17) is 9.52 Å². The molecule has 102 valence electrons. The van der Waals surface area contributed by atoms with Crippen molar-refractivity contribution in [1.82, 2.24) is 4.98 Å². The molecule has 0 saturated carbocycles. The van der Waals surface area contributed by atoms with Crippen molar-refractivity contribution in [2.75, 3.05) is 0 Å². The van der Waals surface area contributed by atoms with Gasteiger partial charge in [-0.05, 0) is 30.3 Å². The minimum absolute atomic E-state index is 0.266. The van der Waals surface area contributed by atoms with Crippen LogP contribution in [0, 0.1) is 0 Å². The van der Waals surface area contributed by atoms with Gasteiger partial charge in [0.05, 0.1) is 15.8 Å². The molecule has 2 heterocycles. The largest absolute Gasteiger partial charge is 0.478 e. The van der Waals surface area contributed by atoms with Crippen molar-refractivity contribution >= 4 is 38.5 Å². The quantitative estimate of drug-likeness (QED) is 0.595. The van der Waals surface area contributed by atoms with Gasteiger partial charge in [0.15, 0.2) is 10.8 Å². The second-order valence-corrected chi connectivity index (χ2v) is 5.69. The first-order valence-electron chi connectivity index (χ1n) is 6.33. The van der Waals surface area contributed by atoms with E-state index in [-0.39, 0.29) is 5.56 Å². The van der Waals surface area contributed by atoms with E-state index in [9.17, 15) is 4.79 Å². The van der Waals surface area contributed by atoms with Gasteiger partial charge < -0.3 is 9.52 Å². The third kappa shape index (κ3) is 1.98. The molecule has 0 fully saturated rings. The smallest absolute Gasteiger partial charge is 0.335 e. The van der Waals surface area contributed by atoms with Gasteiger partial charge in [-0.25, -0.2) is 9.78 Å². The van der Waals surface area contributed by atoms with Crippen LogP contribution in [0.3, 0.4) is 0 Å². The van der Waals surface area contributed by atoms with Crippen LogP contribution in [0.1, 0.15) is 10.4 Å². The average molecular weight is 295 g/mol. The number of nitrogens with zero attached hydrogens (tertiary/aromatic N) is 1. The molecule has 0 aliphatic carbocycles. The van der Waals surface area contributed by atoms with Gasteiger partial charge in [0.25, 0.3) is 0 Å². The van der Waals surface area contributed by atoms with Crippen molar-refractivity contribution in [3.63, 3.8) is 0 Å². The minimum atomic E-state index is -0.935. The number of para-hydroxylation sites is 1. The first-order chi connectivity index (χ1) is 10.2. The van der Waals surface area contributed by atoms with E-state index in [0.29, 0.717) is 5.76 Å². The summed E-state index contributed by atoms with van der Waals surface area (Å²) in [5, 5.41) is 10.8. The second-order valence-electron chi connectivity index (χ2n) is 4.66. The predicted octanol–water partition coefficient (Wildman–Crippen LogP) is 4.41. The molecule has 2 aromatic carbocycles. The Labute approximate surface area is 123 Å². The summed E-state index contributed by atoms with van der Waals surface area (Å²) in [6.45, 7) is 0. The van der Waals surface area contributed by atoms with Gasteiger partial charge in [-0.2, -0.15) is 0 Å². The Kier molecular flexibility index (Phi) is 2.55. The van der Waals surface area contributed by atoms with Crippen molar-refractivity contribution in [3.05, 3.63) is 54.1 Å². The topological polar surface area (TPSA) is 63.3 Å². The van der Waals surface area contributed by atoms with Crippen LogP contribution in [0.25, 0.3) is 32.0 Å². The van der Waals surface area contributed by atoms with Gasteiger partial charge >= 0.3 is 5.97 Å². The van der Waals surface area contributed by atoms with Gasteiger partial charge in [0.1, 0.15) is 5.58 Å². The minimum Gasteiger partial charge on any atom is -0.478 e. The van der Waals surface area contributed by atoms with Gasteiger partial charge in [0, 0.05) is 5.39 Å². The summed E-state index contributed by atoms with van der Waals surface area (Å²) in [7, 11) is 0. The molecule has 5 heteroatoms. The molecule has 0 aliphatic rings. The number of benzene rings is 2. The maximum absolute atomic E-state index is 11.0. The molecule has 0 bridgehead atoms.